The number of rotatable bonds is 7. The number of unbranched alkanes of at least 4 members (excludes halogenated alkanes) is 5. The first kappa shape index (κ1) is 12.4. The molecule has 1 nitrogen and oxygen atoms in total. The quantitative estimate of drug-likeness (QED) is 0.568. The van der Waals surface area contributed by atoms with Crippen LogP contribution in [0.5, 0.6) is 0 Å². The van der Waals surface area contributed by atoms with Gasteiger partial charge < -0.3 is 4.90 Å². The van der Waals surface area contributed by atoms with E-state index in [4.69, 9.17) is 0 Å². The summed E-state index contributed by atoms with van der Waals surface area (Å²) in [6, 6.07) is 0.589. The third-order valence-electron chi connectivity index (χ3n) is 3.07. The Morgan fingerprint density at radius 1 is 1.00 bits per heavy atom. The molecule has 1 heterocycles. The summed E-state index contributed by atoms with van der Waals surface area (Å²) in [5.41, 5.74) is 0. The highest BCUT2D eigenvalue weighted by Gasteiger charge is 2.07. The van der Waals surface area contributed by atoms with Gasteiger partial charge in [0, 0.05) is 12.6 Å². The summed E-state index contributed by atoms with van der Waals surface area (Å²) in [5.74, 6) is 0. The van der Waals surface area contributed by atoms with Crippen LogP contribution in [0.4, 0.5) is 0 Å². The number of hydrogen-bond donors (Lipinski definition) is 0. The average molecular weight is 207 g/mol. The number of nitrogens with zero attached hydrogens (tertiary/aromatic N) is 1. The van der Waals surface area contributed by atoms with E-state index >= 15 is 0 Å². The lowest BCUT2D eigenvalue weighted by Crippen LogP contribution is -2.28. The van der Waals surface area contributed by atoms with Gasteiger partial charge in [-0.05, 0) is 25.6 Å². The minimum absolute atomic E-state index is 0.589. The fraction of sp³-hybridized carbons (Fsp3) is 0.714. The predicted octanol–water partition coefficient (Wildman–Crippen LogP) is 4.12. The fourth-order valence-corrected chi connectivity index (χ4v) is 1.98. The Morgan fingerprint density at radius 2 is 1.73 bits per heavy atom. The standard InChI is InChI=1S/C14H25N/c1-3-4-5-6-7-9-12-15-13-10-8-11-14(15)2/h8,10-11,13-14H,3-7,9,12H2,1-2H3. The summed E-state index contributed by atoms with van der Waals surface area (Å²) in [6.45, 7) is 5.75. The van der Waals surface area contributed by atoms with Crippen molar-refractivity contribution in [2.75, 3.05) is 6.54 Å². The van der Waals surface area contributed by atoms with E-state index in [-0.39, 0.29) is 0 Å². The molecule has 1 aliphatic heterocycles. The molecule has 0 aliphatic carbocycles. The van der Waals surface area contributed by atoms with Crippen molar-refractivity contribution in [3.05, 3.63) is 24.4 Å². The Labute approximate surface area is 94.9 Å². The molecule has 0 saturated carbocycles. The zero-order chi connectivity index (χ0) is 10.9. The van der Waals surface area contributed by atoms with Crippen LogP contribution in [0.2, 0.25) is 0 Å². The highest BCUT2D eigenvalue weighted by atomic mass is 15.1. The van der Waals surface area contributed by atoms with Crippen LogP contribution in [0.15, 0.2) is 24.4 Å². The van der Waals surface area contributed by atoms with Crippen LogP contribution >= 0.6 is 0 Å². The SMILES string of the molecule is CCCCCCCCN1C=CC=CC1C. The molecule has 0 saturated heterocycles. The van der Waals surface area contributed by atoms with Gasteiger partial charge in [0.2, 0.25) is 0 Å². The normalized spacial score (nSPS) is 19.9. The molecule has 0 spiro atoms. The van der Waals surface area contributed by atoms with E-state index < -0.39 is 0 Å². The summed E-state index contributed by atoms with van der Waals surface area (Å²) in [6.07, 6.45) is 17.1. The third kappa shape index (κ3) is 5.06. The van der Waals surface area contributed by atoms with E-state index in [2.05, 4.69) is 43.2 Å². The highest BCUT2D eigenvalue weighted by molar-refractivity contribution is 5.11. The molecule has 15 heavy (non-hydrogen) atoms. The first-order valence-electron chi connectivity index (χ1n) is 6.45. The Kier molecular flexibility index (Phi) is 6.22. The van der Waals surface area contributed by atoms with Gasteiger partial charge >= 0.3 is 0 Å². The molecular weight excluding hydrogens is 182 g/mol. The van der Waals surface area contributed by atoms with Crippen molar-refractivity contribution in [1.82, 2.24) is 4.90 Å². The van der Waals surface area contributed by atoms with Crippen molar-refractivity contribution in [3.63, 3.8) is 0 Å². The smallest absolute Gasteiger partial charge is 0.0442 e. The summed E-state index contributed by atoms with van der Waals surface area (Å²) < 4.78 is 0. The minimum atomic E-state index is 0.589. The number of allylic oxidation sites excluding steroid dienone is 2. The second-order valence-corrected chi connectivity index (χ2v) is 4.47. The molecule has 1 heteroatoms. The lowest BCUT2D eigenvalue weighted by atomic mass is 10.1. The molecule has 86 valence electrons. The predicted molar refractivity (Wildman–Crippen MR) is 67.8 cm³/mol. The summed E-state index contributed by atoms with van der Waals surface area (Å²) in [7, 11) is 0. The molecule has 0 aromatic heterocycles. The molecule has 0 fully saturated rings. The van der Waals surface area contributed by atoms with Crippen LogP contribution in [0.1, 0.15) is 52.4 Å². The molecule has 0 radical (unpaired) electrons. The maximum absolute atomic E-state index is 2.43. The Bertz CT molecular complexity index is 205. The topological polar surface area (TPSA) is 3.24 Å². The van der Waals surface area contributed by atoms with Crippen LogP contribution in [0.3, 0.4) is 0 Å². The van der Waals surface area contributed by atoms with Gasteiger partial charge in [0.15, 0.2) is 0 Å². The van der Waals surface area contributed by atoms with Crippen molar-refractivity contribution in [2.45, 2.75) is 58.4 Å². The van der Waals surface area contributed by atoms with Crippen LogP contribution in [0.25, 0.3) is 0 Å². The maximum atomic E-state index is 2.43. The summed E-state index contributed by atoms with van der Waals surface area (Å²) >= 11 is 0. The van der Waals surface area contributed by atoms with Gasteiger partial charge in [-0.2, -0.15) is 0 Å². The van der Waals surface area contributed by atoms with Crippen molar-refractivity contribution in [2.24, 2.45) is 0 Å². The lowest BCUT2D eigenvalue weighted by Gasteiger charge is -2.27. The van der Waals surface area contributed by atoms with Gasteiger partial charge in [0.1, 0.15) is 0 Å². The van der Waals surface area contributed by atoms with Crippen molar-refractivity contribution >= 4 is 0 Å². The monoisotopic (exact) mass is 207 g/mol. The van der Waals surface area contributed by atoms with Crippen molar-refractivity contribution in [1.29, 1.82) is 0 Å². The Balaban J connectivity index is 2.00. The van der Waals surface area contributed by atoms with Gasteiger partial charge in [-0.15, -0.1) is 0 Å². The molecule has 1 atom stereocenters. The van der Waals surface area contributed by atoms with E-state index in [1.165, 1.54) is 45.1 Å². The lowest BCUT2D eigenvalue weighted by molar-refractivity contribution is 0.322. The van der Waals surface area contributed by atoms with Crippen LogP contribution in [-0.4, -0.2) is 17.5 Å². The van der Waals surface area contributed by atoms with Gasteiger partial charge in [-0.25, -0.2) is 0 Å². The second kappa shape index (κ2) is 7.56. The van der Waals surface area contributed by atoms with E-state index in [9.17, 15) is 0 Å². The van der Waals surface area contributed by atoms with Crippen LogP contribution in [-0.2, 0) is 0 Å². The zero-order valence-electron chi connectivity index (χ0n) is 10.3. The fourth-order valence-electron chi connectivity index (χ4n) is 1.98. The van der Waals surface area contributed by atoms with Crippen molar-refractivity contribution in [3.8, 4) is 0 Å². The third-order valence-corrected chi connectivity index (χ3v) is 3.07. The largest absolute Gasteiger partial charge is 0.371 e. The maximum Gasteiger partial charge on any atom is 0.0442 e. The van der Waals surface area contributed by atoms with Gasteiger partial charge in [0.05, 0.1) is 0 Å². The van der Waals surface area contributed by atoms with Gasteiger partial charge in [-0.3, -0.25) is 0 Å². The average Bonchev–Trinajstić information content (AvgIpc) is 2.25. The molecule has 0 amide bonds. The van der Waals surface area contributed by atoms with E-state index in [0.29, 0.717) is 6.04 Å². The minimum Gasteiger partial charge on any atom is -0.371 e. The zero-order valence-corrected chi connectivity index (χ0v) is 10.3. The van der Waals surface area contributed by atoms with Crippen molar-refractivity contribution < 1.29 is 0 Å². The number of hydrogen-bond acceptors (Lipinski definition) is 1. The van der Waals surface area contributed by atoms with E-state index in [1.807, 2.05) is 0 Å². The van der Waals surface area contributed by atoms with E-state index in [1.54, 1.807) is 0 Å². The molecule has 0 N–H and O–H groups in total. The Morgan fingerprint density at radius 3 is 2.47 bits per heavy atom. The molecular formula is C14H25N. The first-order valence-corrected chi connectivity index (χ1v) is 6.45. The van der Waals surface area contributed by atoms with Crippen LogP contribution in [0, 0.1) is 0 Å². The molecule has 1 rings (SSSR count). The van der Waals surface area contributed by atoms with Crippen LogP contribution < -0.4 is 0 Å². The summed E-state index contributed by atoms with van der Waals surface area (Å²) in [4.78, 5) is 2.43. The highest BCUT2D eigenvalue weighted by Crippen LogP contribution is 2.11. The first-order chi connectivity index (χ1) is 7.34. The molecule has 0 bridgehead atoms. The van der Waals surface area contributed by atoms with Gasteiger partial charge in [0.25, 0.3) is 0 Å². The van der Waals surface area contributed by atoms with Gasteiger partial charge in [-0.1, -0.05) is 51.2 Å². The molecule has 1 unspecified atom stereocenters. The summed E-state index contributed by atoms with van der Waals surface area (Å²) in [5, 5.41) is 0. The molecule has 1 aliphatic rings. The van der Waals surface area contributed by atoms with E-state index in [0.717, 1.165) is 0 Å². The molecule has 0 aromatic rings. The second-order valence-electron chi connectivity index (χ2n) is 4.47. The molecule has 0 aromatic carbocycles. The Hall–Kier alpha value is -0.720.